The molecule has 0 aliphatic rings. The summed E-state index contributed by atoms with van der Waals surface area (Å²) in [4.78, 5) is 2.44. The molecule has 0 saturated carbocycles. The SMILES string of the molecule is c1ccc(-c2ccc(-c3ccc(N(c4cc(-c5cccc6c5ccc5c7ccccc7ccc65)c5ccccc5c4)c4ccccc4-c4ccccc4)cc3)cc2)cc1. The van der Waals surface area contributed by atoms with Gasteiger partial charge in [-0.25, -0.2) is 0 Å². The Balaban J connectivity index is 1.09. The minimum atomic E-state index is 1.09. The molecule has 0 amide bonds. The van der Waals surface area contributed by atoms with Crippen LogP contribution in [0.5, 0.6) is 0 Å². The smallest absolute Gasteiger partial charge is 0.0540 e. The molecule has 0 unspecified atom stereocenters. The van der Waals surface area contributed by atoms with Gasteiger partial charge >= 0.3 is 0 Å². The third-order valence-electron chi connectivity index (χ3n) is 11.9. The number of benzene rings is 11. The normalized spacial score (nSPS) is 11.4. The monoisotopic (exact) mass is 749 g/mol. The summed E-state index contributed by atoms with van der Waals surface area (Å²) >= 11 is 0. The lowest BCUT2D eigenvalue weighted by Gasteiger charge is -2.29. The van der Waals surface area contributed by atoms with E-state index in [2.05, 4.69) is 241 Å². The Morgan fingerprint density at radius 1 is 0.220 bits per heavy atom. The zero-order valence-corrected chi connectivity index (χ0v) is 32.5. The fourth-order valence-corrected chi connectivity index (χ4v) is 8.98. The molecule has 0 aliphatic carbocycles. The van der Waals surface area contributed by atoms with Gasteiger partial charge in [0.15, 0.2) is 0 Å². The Kier molecular flexibility index (Phi) is 8.56. The molecule has 0 heterocycles. The molecule has 0 aromatic heterocycles. The maximum atomic E-state index is 2.44. The van der Waals surface area contributed by atoms with Crippen LogP contribution in [0, 0.1) is 0 Å². The van der Waals surface area contributed by atoms with Gasteiger partial charge in [-0.15, -0.1) is 0 Å². The van der Waals surface area contributed by atoms with Crippen LogP contribution in [0.15, 0.2) is 237 Å². The Morgan fingerprint density at radius 3 is 1.46 bits per heavy atom. The van der Waals surface area contributed by atoms with Gasteiger partial charge in [0.1, 0.15) is 0 Å². The van der Waals surface area contributed by atoms with E-state index < -0.39 is 0 Å². The molecular weight excluding hydrogens is 711 g/mol. The van der Waals surface area contributed by atoms with E-state index in [-0.39, 0.29) is 0 Å². The lowest BCUT2D eigenvalue weighted by atomic mass is 9.90. The van der Waals surface area contributed by atoms with Gasteiger partial charge in [-0.05, 0) is 112 Å². The first-order chi connectivity index (χ1) is 29.3. The molecule has 0 saturated heterocycles. The third-order valence-corrected chi connectivity index (χ3v) is 11.9. The second-order valence-corrected chi connectivity index (χ2v) is 15.3. The summed E-state index contributed by atoms with van der Waals surface area (Å²) in [5.74, 6) is 0. The lowest BCUT2D eigenvalue weighted by Crippen LogP contribution is -2.11. The van der Waals surface area contributed by atoms with Gasteiger partial charge in [-0.3, -0.25) is 0 Å². The van der Waals surface area contributed by atoms with E-state index in [1.807, 2.05) is 0 Å². The van der Waals surface area contributed by atoms with Crippen molar-refractivity contribution in [2.45, 2.75) is 0 Å². The first kappa shape index (κ1) is 34.5. The summed E-state index contributed by atoms with van der Waals surface area (Å²) in [5, 5.41) is 10.0. The molecule has 1 heteroatoms. The second-order valence-electron chi connectivity index (χ2n) is 15.3. The molecule has 276 valence electrons. The summed E-state index contributed by atoms with van der Waals surface area (Å²) in [6.07, 6.45) is 0. The molecule has 11 rings (SSSR count). The molecule has 11 aromatic carbocycles. The van der Waals surface area contributed by atoms with Gasteiger partial charge in [0.25, 0.3) is 0 Å². The van der Waals surface area contributed by atoms with Crippen molar-refractivity contribution in [3.8, 4) is 44.5 Å². The van der Waals surface area contributed by atoms with Gasteiger partial charge in [0, 0.05) is 16.9 Å². The van der Waals surface area contributed by atoms with Crippen LogP contribution in [-0.4, -0.2) is 0 Å². The molecule has 0 spiro atoms. The van der Waals surface area contributed by atoms with Crippen molar-refractivity contribution in [2.75, 3.05) is 4.90 Å². The van der Waals surface area contributed by atoms with Crippen molar-refractivity contribution < 1.29 is 0 Å². The van der Waals surface area contributed by atoms with Gasteiger partial charge < -0.3 is 4.90 Å². The first-order valence-corrected chi connectivity index (χ1v) is 20.3. The van der Waals surface area contributed by atoms with Crippen LogP contribution in [0.25, 0.3) is 87.6 Å². The Bertz CT molecular complexity index is 3290. The van der Waals surface area contributed by atoms with Crippen LogP contribution in [0.2, 0.25) is 0 Å². The predicted molar refractivity (Wildman–Crippen MR) is 253 cm³/mol. The van der Waals surface area contributed by atoms with Crippen molar-refractivity contribution in [2.24, 2.45) is 0 Å². The highest BCUT2D eigenvalue weighted by atomic mass is 15.1. The Hall–Kier alpha value is -7.74. The molecular formula is C58H39N. The maximum absolute atomic E-state index is 2.44. The van der Waals surface area contributed by atoms with Crippen LogP contribution in [0.1, 0.15) is 0 Å². The number of para-hydroxylation sites is 1. The van der Waals surface area contributed by atoms with E-state index >= 15 is 0 Å². The largest absolute Gasteiger partial charge is 0.310 e. The zero-order chi connectivity index (χ0) is 39.1. The highest BCUT2D eigenvalue weighted by Crippen LogP contribution is 2.46. The number of hydrogen-bond acceptors (Lipinski definition) is 1. The summed E-state index contributed by atoms with van der Waals surface area (Å²) in [6, 6.07) is 86.3. The van der Waals surface area contributed by atoms with Crippen LogP contribution in [0.4, 0.5) is 17.1 Å². The van der Waals surface area contributed by atoms with E-state index in [1.165, 1.54) is 87.6 Å². The van der Waals surface area contributed by atoms with Gasteiger partial charge in [-0.1, -0.05) is 206 Å². The average molecular weight is 750 g/mol. The van der Waals surface area contributed by atoms with Gasteiger partial charge in [0.05, 0.1) is 5.69 Å². The molecule has 0 radical (unpaired) electrons. The molecule has 0 fully saturated rings. The van der Waals surface area contributed by atoms with E-state index in [0.29, 0.717) is 0 Å². The highest BCUT2D eigenvalue weighted by molar-refractivity contribution is 6.20. The van der Waals surface area contributed by atoms with Crippen molar-refractivity contribution in [1.82, 2.24) is 0 Å². The molecule has 11 aromatic rings. The summed E-state index contributed by atoms with van der Waals surface area (Å²) in [5.41, 5.74) is 12.9. The van der Waals surface area contributed by atoms with Crippen molar-refractivity contribution in [3.05, 3.63) is 237 Å². The number of fused-ring (bicyclic) bond motifs is 6. The fraction of sp³-hybridized carbons (Fsp3) is 0. The van der Waals surface area contributed by atoms with E-state index in [4.69, 9.17) is 0 Å². The number of nitrogens with zero attached hydrogens (tertiary/aromatic N) is 1. The van der Waals surface area contributed by atoms with Crippen molar-refractivity contribution >= 4 is 60.2 Å². The molecule has 0 bridgehead atoms. The first-order valence-electron chi connectivity index (χ1n) is 20.3. The Morgan fingerprint density at radius 2 is 0.712 bits per heavy atom. The number of anilines is 3. The van der Waals surface area contributed by atoms with E-state index in [9.17, 15) is 0 Å². The number of rotatable bonds is 7. The van der Waals surface area contributed by atoms with Crippen LogP contribution in [0.3, 0.4) is 0 Å². The molecule has 0 atom stereocenters. The minimum Gasteiger partial charge on any atom is -0.310 e. The minimum absolute atomic E-state index is 1.09. The summed E-state index contributed by atoms with van der Waals surface area (Å²) in [6.45, 7) is 0. The lowest BCUT2D eigenvalue weighted by molar-refractivity contribution is 1.29. The topological polar surface area (TPSA) is 3.24 Å². The highest BCUT2D eigenvalue weighted by Gasteiger charge is 2.20. The molecule has 0 N–H and O–H groups in total. The fourth-order valence-electron chi connectivity index (χ4n) is 8.98. The molecule has 0 aliphatic heterocycles. The van der Waals surface area contributed by atoms with Gasteiger partial charge in [0.2, 0.25) is 0 Å². The summed E-state index contributed by atoms with van der Waals surface area (Å²) in [7, 11) is 0. The maximum Gasteiger partial charge on any atom is 0.0540 e. The predicted octanol–water partition coefficient (Wildman–Crippen LogP) is 16.4. The average Bonchev–Trinajstić information content (AvgIpc) is 3.32. The standard InChI is InChI=1S/C58H39N/c1-3-14-40(15-4-1)41-26-28-42(29-27-41)43-30-33-47(34-31-43)59(58-25-12-11-22-51(58)44-16-5-2-6-17-44)48-38-46-19-8-10-21-50(46)57(39-48)53-24-13-23-52-55-35-32-45-18-7-9-20-49(45)54(55)36-37-56(52)53/h1-39H. The third kappa shape index (κ3) is 6.21. The Labute approximate surface area is 344 Å². The van der Waals surface area contributed by atoms with Crippen LogP contribution >= 0.6 is 0 Å². The number of hydrogen-bond donors (Lipinski definition) is 0. The van der Waals surface area contributed by atoms with Crippen molar-refractivity contribution in [3.63, 3.8) is 0 Å². The molecule has 59 heavy (non-hydrogen) atoms. The van der Waals surface area contributed by atoms with Crippen LogP contribution in [-0.2, 0) is 0 Å². The quantitative estimate of drug-likeness (QED) is 0.147. The summed E-state index contributed by atoms with van der Waals surface area (Å²) < 4.78 is 0. The van der Waals surface area contributed by atoms with E-state index in [0.717, 1.165) is 17.1 Å². The molecule has 1 nitrogen and oxygen atoms in total. The van der Waals surface area contributed by atoms with E-state index in [1.54, 1.807) is 0 Å². The van der Waals surface area contributed by atoms with Crippen LogP contribution < -0.4 is 4.90 Å². The zero-order valence-electron chi connectivity index (χ0n) is 32.5. The van der Waals surface area contributed by atoms with Crippen molar-refractivity contribution in [1.29, 1.82) is 0 Å². The second kappa shape index (κ2) is 14.6. The van der Waals surface area contributed by atoms with Gasteiger partial charge in [-0.2, -0.15) is 0 Å².